The fraction of sp³-hybridized carbons (Fsp3) is 0.417. The number of carbonyl (C=O) groups excluding carboxylic acids is 1. The first-order valence-electron chi connectivity index (χ1n) is 6.01. The standard InChI is InChI=1S/C12H14Br2N2O3S/c1-16(7-12(17)15-9-3-4-9)20(18,19)11-6-8(13)2-5-10(11)14/h2,5-6,9H,3-4,7H2,1H3,(H,15,17). The van der Waals surface area contributed by atoms with Crippen LogP contribution in [0.1, 0.15) is 12.8 Å². The molecular formula is C12H14Br2N2O3S. The Morgan fingerprint density at radius 3 is 2.65 bits per heavy atom. The summed E-state index contributed by atoms with van der Waals surface area (Å²) < 4.78 is 27.1. The van der Waals surface area contributed by atoms with Crippen molar-refractivity contribution in [3.05, 3.63) is 27.1 Å². The third kappa shape index (κ3) is 3.81. The van der Waals surface area contributed by atoms with Crippen molar-refractivity contribution in [2.24, 2.45) is 0 Å². The molecule has 1 aliphatic carbocycles. The van der Waals surface area contributed by atoms with E-state index in [4.69, 9.17) is 0 Å². The van der Waals surface area contributed by atoms with Crippen molar-refractivity contribution in [1.82, 2.24) is 9.62 Å². The lowest BCUT2D eigenvalue weighted by molar-refractivity contribution is -0.121. The predicted octanol–water partition coefficient (Wildman–Crippen LogP) is 2.11. The van der Waals surface area contributed by atoms with Gasteiger partial charge in [-0.25, -0.2) is 8.42 Å². The Morgan fingerprint density at radius 2 is 2.05 bits per heavy atom. The Labute approximate surface area is 135 Å². The van der Waals surface area contributed by atoms with E-state index in [-0.39, 0.29) is 23.4 Å². The third-order valence-corrected chi connectivity index (χ3v) is 6.18. The maximum Gasteiger partial charge on any atom is 0.244 e. The molecule has 0 saturated heterocycles. The normalized spacial score (nSPS) is 15.4. The second kappa shape index (κ2) is 6.13. The summed E-state index contributed by atoms with van der Waals surface area (Å²) in [6.45, 7) is -0.183. The van der Waals surface area contributed by atoms with Gasteiger partial charge in [0.15, 0.2) is 0 Å². The van der Waals surface area contributed by atoms with Crippen molar-refractivity contribution in [1.29, 1.82) is 0 Å². The van der Waals surface area contributed by atoms with Gasteiger partial charge < -0.3 is 5.32 Å². The number of nitrogens with zero attached hydrogens (tertiary/aromatic N) is 1. The molecule has 1 saturated carbocycles. The van der Waals surface area contributed by atoms with Crippen molar-refractivity contribution in [3.8, 4) is 0 Å². The molecule has 0 atom stereocenters. The first-order chi connectivity index (χ1) is 9.30. The molecule has 5 nitrogen and oxygen atoms in total. The van der Waals surface area contributed by atoms with Crippen molar-refractivity contribution >= 4 is 47.8 Å². The van der Waals surface area contributed by atoms with Crippen LogP contribution in [0.15, 0.2) is 32.0 Å². The van der Waals surface area contributed by atoms with Gasteiger partial charge in [0.25, 0.3) is 0 Å². The van der Waals surface area contributed by atoms with Crippen molar-refractivity contribution in [3.63, 3.8) is 0 Å². The summed E-state index contributed by atoms with van der Waals surface area (Å²) in [4.78, 5) is 11.8. The molecule has 0 radical (unpaired) electrons. The van der Waals surface area contributed by atoms with E-state index in [9.17, 15) is 13.2 Å². The van der Waals surface area contributed by atoms with Crippen LogP contribution in [0, 0.1) is 0 Å². The number of likely N-dealkylation sites (N-methyl/N-ethyl adjacent to an activating group) is 1. The molecule has 2 rings (SSSR count). The number of rotatable bonds is 5. The average molecular weight is 426 g/mol. The van der Waals surface area contributed by atoms with Gasteiger partial charge >= 0.3 is 0 Å². The quantitative estimate of drug-likeness (QED) is 0.785. The number of benzene rings is 1. The molecule has 1 N–H and O–H groups in total. The molecule has 1 amide bonds. The van der Waals surface area contributed by atoms with Crippen LogP contribution in [0.25, 0.3) is 0 Å². The van der Waals surface area contributed by atoms with Crippen LogP contribution in [0.5, 0.6) is 0 Å². The van der Waals surface area contributed by atoms with E-state index >= 15 is 0 Å². The van der Waals surface area contributed by atoms with E-state index in [2.05, 4.69) is 37.2 Å². The summed E-state index contributed by atoms with van der Waals surface area (Å²) in [5.41, 5.74) is 0. The van der Waals surface area contributed by atoms with E-state index in [1.807, 2.05) is 0 Å². The summed E-state index contributed by atoms with van der Waals surface area (Å²) >= 11 is 6.47. The minimum Gasteiger partial charge on any atom is -0.352 e. The summed E-state index contributed by atoms with van der Waals surface area (Å²) in [5.74, 6) is -0.273. The second-order valence-corrected chi connectivity index (χ2v) is 8.46. The lowest BCUT2D eigenvalue weighted by atomic mass is 10.4. The number of halogens is 2. The van der Waals surface area contributed by atoms with Gasteiger partial charge in [-0.05, 0) is 47.0 Å². The SMILES string of the molecule is CN(CC(=O)NC1CC1)S(=O)(=O)c1cc(Br)ccc1Br. The average Bonchev–Trinajstić information content (AvgIpc) is 3.15. The zero-order valence-electron chi connectivity index (χ0n) is 10.8. The van der Waals surface area contributed by atoms with Crippen LogP contribution in [0.2, 0.25) is 0 Å². The summed E-state index contributed by atoms with van der Waals surface area (Å²) in [6.07, 6.45) is 1.94. The molecule has 0 bridgehead atoms. The lowest BCUT2D eigenvalue weighted by Crippen LogP contribution is -2.39. The van der Waals surface area contributed by atoms with Crippen LogP contribution in [-0.4, -0.2) is 38.3 Å². The van der Waals surface area contributed by atoms with Gasteiger partial charge in [-0.1, -0.05) is 15.9 Å². The number of nitrogens with one attached hydrogen (secondary N) is 1. The van der Waals surface area contributed by atoms with Crippen LogP contribution in [-0.2, 0) is 14.8 Å². The van der Waals surface area contributed by atoms with Gasteiger partial charge in [0.05, 0.1) is 11.4 Å². The molecule has 110 valence electrons. The Balaban J connectivity index is 2.15. The van der Waals surface area contributed by atoms with E-state index < -0.39 is 10.0 Å². The van der Waals surface area contributed by atoms with Crippen molar-refractivity contribution < 1.29 is 13.2 Å². The maximum atomic E-state index is 12.4. The summed E-state index contributed by atoms with van der Waals surface area (Å²) in [7, 11) is -2.31. The van der Waals surface area contributed by atoms with Crippen molar-refractivity contribution in [2.75, 3.05) is 13.6 Å². The molecule has 0 aromatic heterocycles. The number of hydrogen-bond acceptors (Lipinski definition) is 3. The van der Waals surface area contributed by atoms with Crippen LogP contribution < -0.4 is 5.32 Å². The number of hydrogen-bond donors (Lipinski definition) is 1. The first kappa shape index (κ1) is 15.9. The summed E-state index contributed by atoms with van der Waals surface area (Å²) in [5, 5.41) is 2.77. The highest BCUT2D eigenvalue weighted by atomic mass is 79.9. The molecule has 1 aliphatic rings. The van der Waals surface area contributed by atoms with Gasteiger partial charge in [-0.2, -0.15) is 4.31 Å². The van der Waals surface area contributed by atoms with Crippen LogP contribution in [0.4, 0.5) is 0 Å². The smallest absolute Gasteiger partial charge is 0.244 e. The highest BCUT2D eigenvalue weighted by molar-refractivity contribution is 9.11. The minimum absolute atomic E-state index is 0.133. The lowest BCUT2D eigenvalue weighted by Gasteiger charge is -2.18. The molecule has 1 fully saturated rings. The van der Waals surface area contributed by atoms with E-state index in [0.717, 1.165) is 17.1 Å². The van der Waals surface area contributed by atoms with Crippen LogP contribution >= 0.6 is 31.9 Å². The Bertz CT molecular complexity index is 630. The fourth-order valence-electron chi connectivity index (χ4n) is 1.63. The molecule has 1 aromatic carbocycles. The first-order valence-corrected chi connectivity index (χ1v) is 9.04. The maximum absolute atomic E-state index is 12.4. The fourth-order valence-corrected chi connectivity index (χ4v) is 4.22. The zero-order valence-corrected chi connectivity index (χ0v) is 14.8. The molecular weight excluding hydrogens is 412 g/mol. The summed E-state index contributed by atoms with van der Waals surface area (Å²) in [6, 6.07) is 5.11. The van der Waals surface area contributed by atoms with Crippen molar-refractivity contribution in [2.45, 2.75) is 23.8 Å². The molecule has 20 heavy (non-hydrogen) atoms. The Hall–Kier alpha value is -0.440. The van der Waals surface area contributed by atoms with Gasteiger partial charge in [-0.15, -0.1) is 0 Å². The molecule has 1 aromatic rings. The van der Waals surface area contributed by atoms with Gasteiger partial charge in [-0.3, -0.25) is 4.79 Å². The number of amides is 1. The Kier molecular flexibility index (Phi) is 4.88. The zero-order chi connectivity index (χ0) is 14.9. The number of carbonyl (C=O) groups is 1. The van der Waals surface area contributed by atoms with Gasteiger partial charge in [0.1, 0.15) is 0 Å². The minimum atomic E-state index is -3.71. The molecule has 8 heteroatoms. The highest BCUT2D eigenvalue weighted by Gasteiger charge is 2.28. The predicted molar refractivity (Wildman–Crippen MR) is 82.8 cm³/mol. The molecule has 0 aliphatic heterocycles. The number of sulfonamides is 1. The monoisotopic (exact) mass is 424 g/mol. The second-order valence-electron chi connectivity index (χ2n) is 4.68. The van der Waals surface area contributed by atoms with E-state index in [1.165, 1.54) is 13.1 Å². The molecule has 0 heterocycles. The third-order valence-electron chi connectivity index (χ3n) is 2.89. The molecule has 0 spiro atoms. The van der Waals surface area contributed by atoms with Gasteiger partial charge in [0, 0.05) is 22.0 Å². The van der Waals surface area contributed by atoms with E-state index in [1.54, 1.807) is 12.1 Å². The van der Waals surface area contributed by atoms with Gasteiger partial charge in [0.2, 0.25) is 15.9 Å². The highest BCUT2D eigenvalue weighted by Crippen LogP contribution is 2.27. The van der Waals surface area contributed by atoms with Crippen LogP contribution in [0.3, 0.4) is 0 Å². The topological polar surface area (TPSA) is 66.5 Å². The Morgan fingerprint density at radius 1 is 1.40 bits per heavy atom. The largest absolute Gasteiger partial charge is 0.352 e. The van der Waals surface area contributed by atoms with E-state index in [0.29, 0.717) is 8.95 Å². The molecule has 0 unspecified atom stereocenters.